The van der Waals surface area contributed by atoms with Gasteiger partial charge in [-0.3, -0.25) is 4.79 Å². The zero-order valence-electron chi connectivity index (χ0n) is 14.1. The molecule has 0 unspecified atom stereocenters. The lowest BCUT2D eigenvalue weighted by Crippen LogP contribution is -2.21. The van der Waals surface area contributed by atoms with Crippen LogP contribution in [0.15, 0.2) is 54.6 Å². The molecule has 0 aliphatic carbocycles. The molecule has 0 bridgehead atoms. The van der Waals surface area contributed by atoms with Crippen LogP contribution >= 0.6 is 0 Å². The van der Waals surface area contributed by atoms with E-state index in [0.717, 1.165) is 17.1 Å². The molecule has 6 nitrogen and oxygen atoms in total. The van der Waals surface area contributed by atoms with Gasteiger partial charge in [0.05, 0.1) is 22.8 Å². The molecule has 6 heteroatoms. The van der Waals surface area contributed by atoms with Gasteiger partial charge in [0, 0.05) is 0 Å². The van der Waals surface area contributed by atoms with E-state index in [1.807, 2.05) is 44.2 Å². The summed E-state index contributed by atoms with van der Waals surface area (Å²) in [7, 11) is 0. The summed E-state index contributed by atoms with van der Waals surface area (Å²) in [6.07, 6.45) is 0. The van der Waals surface area contributed by atoms with Gasteiger partial charge in [0.2, 0.25) is 0 Å². The third kappa shape index (κ3) is 3.63. The summed E-state index contributed by atoms with van der Waals surface area (Å²) < 4.78 is 7.14. The van der Waals surface area contributed by atoms with Crippen LogP contribution in [0.4, 0.5) is 5.69 Å². The molecule has 2 aromatic carbocycles. The fourth-order valence-electron chi connectivity index (χ4n) is 2.54. The zero-order chi connectivity index (χ0) is 17.8. The van der Waals surface area contributed by atoms with Gasteiger partial charge < -0.3 is 15.2 Å². The van der Waals surface area contributed by atoms with E-state index in [9.17, 15) is 9.90 Å². The summed E-state index contributed by atoms with van der Waals surface area (Å²) >= 11 is 0. The average Bonchev–Trinajstić information content (AvgIpc) is 2.90. The number of rotatable bonds is 5. The fourth-order valence-corrected chi connectivity index (χ4v) is 2.54. The number of para-hydroxylation sites is 3. The Balaban J connectivity index is 1.72. The van der Waals surface area contributed by atoms with E-state index in [0.29, 0.717) is 5.69 Å². The largest absolute Gasteiger partial charge is 0.504 e. The van der Waals surface area contributed by atoms with E-state index in [1.54, 1.807) is 22.9 Å². The Kier molecular flexibility index (Phi) is 4.70. The molecule has 1 heterocycles. The Labute approximate surface area is 145 Å². The van der Waals surface area contributed by atoms with Crippen LogP contribution < -0.4 is 10.1 Å². The van der Waals surface area contributed by atoms with E-state index in [2.05, 4.69) is 10.4 Å². The normalized spacial score (nSPS) is 10.5. The predicted octanol–water partition coefficient (Wildman–Crippen LogP) is 3.21. The van der Waals surface area contributed by atoms with Crippen molar-refractivity contribution in [1.82, 2.24) is 9.78 Å². The number of aromatic nitrogens is 2. The van der Waals surface area contributed by atoms with Crippen molar-refractivity contribution in [3.8, 4) is 17.2 Å². The van der Waals surface area contributed by atoms with Crippen molar-refractivity contribution in [1.29, 1.82) is 0 Å². The van der Waals surface area contributed by atoms with Crippen LogP contribution in [0, 0.1) is 13.8 Å². The topological polar surface area (TPSA) is 76.4 Å². The van der Waals surface area contributed by atoms with Crippen molar-refractivity contribution in [2.45, 2.75) is 13.8 Å². The van der Waals surface area contributed by atoms with Gasteiger partial charge in [-0.05, 0) is 38.1 Å². The highest BCUT2D eigenvalue weighted by Gasteiger charge is 2.15. The second kappa shape index (κ2) is 7.09. The molecule has 0 atom stereocenters. The summed E-state index contributed by atoms with van der Waals surface area (Å²) in [4.78, 5) is 12.2. The minimum atomic E-state index is -0.318. The highest BCUT2D eigenvalue weighted by Crippen LogP contribution is 2.25. The lowest BCUT2D eigenvalue weighted by molar-refractivity contribution is -0.118. The number of phenolic OH excluding ortho intramolecular Hbond substituents is 1. The summed E-state index contributed by atoms with van der Waals surface area (Å²) in [6, 6.07) is 16.2. The molecule has 3 aromatic rings. The van der Waals surface area contributed by atoms with Crippen LogP contribution in [0.1, 0.15) is 11.4 Å². The smallest absolute Gasteiger partial charge is 0.262 e. The van der Waals surface area contributed by atoms with E-state index >= 15 is 0 Å². The average molecular weight is 337 g/mol. The first-order chi connectivity index (χ1) is 12.1. The highest BCUT2D eigenvalue weighted by molar-refractivity contribution is 5.93. The molecule has 0 fully saturated rings. The van der Waals surface area contributed by atoms with Crippen LogP contribution in [-0.2, 0) is 4.79 Å². The quantitative estimate of drug-likeness (QED) is 0.749. The maximum Gasteiger partial charge on any atom is 0.262 e. The minimum Gasteiger partial charge on any atom is -0.504 e. The summed E-state index contributed by atoms with van der Waals surface area (Å²) in [6.45, 7) is 3.53. The number of aromatic hydroxyl groups is 1. The Bertz CT molecular complexity index is 888. The maximum absolute atomic E-state index is 12.2. The number of hydrogen-bond acceptors (Lipinski definition) is 4. The molecular weight excluding hydrogens is 318 g/mol. The van der Waals surface area contributed by atoms with E-state index < -0.39 is 0 Å². The van der Waals surface area contributed by atoms with E-state index in [4.69, 9.17) is 4.74 Å². The monoisotopic (exact) mass is 337 g/mol. The molecule has 0 aliphatic rings. The Morgan fingerprint density at radius 3 is 2.52 bits per heavy atom. The number of nitrogens with zero attached hydrogens (tertiary/aromatic N) is 2. The number of hydrogen-bond donors (Lipinski definition) is 2. The zero-order valence-corrected chi connectivity index (χ0v) is 14.1. The predicted molar refractivity (Wildman–Crippen MR) is 95.3 cm³/mol. The van der Waals surface area contributed by atoms with Gasteiger partial charge in [-0.15, -0.1) is 0 Å². The SMILES string of the molecule is Cc1nn(-c2ccccc2)c(C)c1NC(=O)COc1ccccc1O. The molecule has 1 amide bonds. The third-order valence-corrected chi connectivity index (χ3v) is 3.78. The van der Waals surface area contributed by atoms with Crippen LogP contribution in [0.5, 0.6) is 11.5 Å². The number of amides is 1. The highest BCUT2D eigenvalue weighted by atomic mass is 16.5. The van der Waals surface area contributed by atoms with Gasteiger partial charge in [-0.2, -0.15) is 5.10 Å². The number of carbonyl (C=O) groups is 1. The van der Waals surface area contributed by atoms with E-state index in [-0.39, 0.29) is 24.0 Å². The van der Waals surface area contributed by atoms with Gasteiger partial charge in [0.1, 0.15) is 0 Å². The van der Waals surface area contributed by atoms with Crippen molar-refractivity contribution < 1.29 is 14.6 Å². The first-order valence-electron chi connectivity index (χ1n) is 7.88. The van der Waals surface area contributed by atoms with Crippen molar-refractivity contribution in [2.24, 2.45) is 0 Å². The second-order valence-electron chi connectivity index (χ2n) is 5.60. The van der Waals surface area contributed by atoms with Gasteiger partial charge in [0.15, 0.2) is 18.1 Å². The van der Waals surface area contributed by atoms with Crippen LogP contribution in [-0.4, -0.2) is 27.4 Å². The van der Waals surface area contributed by atoms with E-state index in [1.165, 1.54) is 6.07 Å². The molecule has 0 spiro atoms. The lowest BCUT2D eigenvalue weighted by atomic mass is 10.3. The first kappa shape index (κ1) is 16.6. The number of aryl methyl sites for hydroxylation is 1. The number of ether oxygens (including phenoxy) is 1. The molecule has 25 heavy (non-hydrogen) atoms. The van der Waals surface area contributed by atoms with Gasteiger partial charge in [-0.1, -0.05) is 30.3 Å². The third-order valence-electron chi connectivity index (χ3n) is 3.78. The number of benzene rings is 2. The molecular formula is C19H19N3O3. The number of anilines is 1. The molecule has 1 aromatic heterocycles. The molecule has 0 saturated carbocycles. The minimum absolute atomic E-state index is 0.000409. The first-order valence-corrected chi connectivity index (χ1v) is 7.88. The van der Waals surface area contributed by atoms with Gasteiger partial charge in [-0.25, -0.2) is 4.68 Å². The van der Waals surface area contributed by atoms with Crippen molar-refractivity contribution in [3.05, 3.63) is 66.0 Å². The Morgan fingerprint density at radius 2 is 1.80 bits per heavy atom. The van der Waals surface area contributed by atoms with Crippen LogP contribution in [0.25, 0.3) is 5.69 Å². The summed E-state index contributed by atoms with van der Waals surface area (Å²) in [5.41, 5.74) is 3.14. The summed E-state index contributed by atoms with van der Waals surface area (Å²) in [5, 5.41) is 17.0. The van der Waals surface area contributed by atoms with Crippen molar-refractivity contribution >= 4 is 11.6 Å². The molecule has 2 N–H and O–H groups in total. The lowest BCUT2D eigenvalue weighted by Gasteiger charge is -2.09. The standard InChI is InChI=1S/C19H19N3O3/c1-13-19(14(2)22(21-13)15-8-4-3-5-9-15)20-18(24)12-25-17-11-7-6-10-16(17)23/h3-11,23H,12H2,1-2H3,(H,20,24). The van der Waals surface area contributed by atoms with Crippen LogP contribution in [0.2, 0.25) is 0 Å². The maximum atomic E-state index is 12.2. The van der Waals surface area contributed by atoms with Gasteiger partial charge in [0.25, 0.3) is 5.91 Å². The number of nitrogens with one attached hydrogen (secondary N) is 1. The van der Waals surface area contributed by atoms with Gasteiger partial charge >= 0.3 is 0 Å². The van der Waals surface area contributed by atoms with Crippen LogP contribution in [0.3, 0.4) is 0 Å². The molecule has 128 valence electrons. The summed E-state index contributed by atoms with van der Waals surface area (Å²) in [5.74, 6) is -0.0484. The fraction of sp³-hybridized carbons (Fsp3) is 0.158. The number of phenols is 1. The van der Waals surface area contributed by atoms with Crippen molar-refractivity contribution in [2.75, 3.05) is 11.9 Å². The number of carbonyl (C=O) groups excluding carboxylic acids is 1. The Hall–Kier alpha value is -3.28. The van der Waals surface area contributed by atoms with Crippen molar-refractivity contribution in [3.63, 3.8) is 0 Å². The molecule has 0 aliphatic heterocycles. The second-order valence-corrected chi connectivity index (χ2v) is 5.60. The molecule has 0 saturated heterocycles. The Morgan fingerprint density at radius 1 is 1.12 bits per heavy atom. The molecule has 3 rings (SSSR count). The molecule has 0 radical (unpaired) electrons.